The first-order chi connectivity index (χ1) is 10.5. The van der Waals surface area contributed by atoms with E-state index < -0.39 is 17.8 Å². The van der Waals surface area contributed by atoms with E-state index in [2.05, 4.69) is 10.6 Å². The molecule has 5 heteroatoms. The largest absolute Gasteiger partial charge is 0.341 e. The zero-order valence-electron chi connectivity index (χ0n) is 12.4. The second-order valence-corrected chi connectivity index (χ2v) is 5.01. The van der Waals surface area contributed by atoms with Crippen LogP contribution in [0.3, 0.4) is 0 Å². The fourth-order valence-electron chi connectivity index (χ4n) is 1.90. The van der Waals surface area contributed by atoms with Gasteiger partial charge >= 0.3 is 0 Å². The van der Waals surface area contributed by atoms with Crippen LogP contribution in [-0.2, 0) is 4.79 Å². The fourth-order valence-corrected chi connectivity index (χ4v) is 1.90. The van der Waals surface area contributed by atoms with Gasteiger partial charge in [-0.05, 0) is 49.7 Å². The van der Waals surface area contributed by atoms with Gasteiger partial charge in [0.2, 0.25) is 5.91 Å². The maximum absolute atomic E-state index is 12.8. The molecule has 1 atom stereocenters. The van der Waals surface area contributed by atoms with E-state index >= 15 is 0 Å². The zero-order chi connectivity index (χ0) is 16.1. The van der Waals surface area contributed by atoms with Gasteiger partial charge in [-0.1, -0.05) is 18.2 Å². The Kier molecular flexibility index (Phi) is 4.88. The van der Waals surface area contributed by atoms with Gasteiger partial charge in [0.25, 0.3) is 5.91 Å². The van der Waals surface area contributed by atoms with Crippen molar-refractivity contribution in [1.82, 2.24) is 5.32 Å². The lowest BCUT2D eigenvalue weighted by atomic mass is 10.1. The number of rotatable bonds is 4. The summed E-state index contributed by atoms with van der Waals surface area (Å²) >= 11 is 0. The molecule has 2 aromatic rings. The molecule has 114 valence electrons. The summed E-state index contributed by atoms with van der Waals surface area (Å²) in [4.78, 5) is 24.1. The van der Waals surface area contributed by atoms with Crippen LogP contribution < -0.4 is 10.6 Å². The Balaban J connectivity index is 1.98. The second kappa shape index (κ2) is 6.85. The summed E-state index contributed by atoms with van der Waals surface area (Å²) < 4.78 is 12.8. The average Bonchev–Trinajstić information content (AvgIpc) is 2.50. The van der Waals surface area contributed by atoms with E-state index in [4.69, 9.17) is 0 Å². The van der Waals surface area contributed by atoms with Crippen molar-refractivity contribution in [2.45, 2.75) is 19.9 Å². The van der Waals surface area contributed by atoms with Crippen molar-refractivity contribution < 1.29 is 14.0 Å². The Morgan fingerprint density at radius 3 is 2.32 bits per heavy atom. The predicted octanol–water partition coefficient (Wildman–Crippen LogP) is 2.89. The lowest BCUT2D eigenvalue weighted by Crippen LogP contribution is -2.41. The highest BCUT2D eigenvalue weighted by atomic mass is 19.1. The van der Waals surface area contributed by atoms with Crippen molar-refractivity contribution in [2.75, 3.05) is 5.32 Å². The molecule has 0 aliphatic rings. The number of benzene rings is 2. The Morgan fingerprint density at radius 1 is 1.05 bits per heavy atom. The van der Waals surface area contributed by atoms with Crippen LogP contribution in [0.1, 0.15) is 22.8 Å². The third-order valence-electron chi connectivity index (χ3n) is 3.25. The molecule has 0 aliphatic heterocycles. The molecule has 2 amide bonds. The summed E-state index contributed by atoms with van der Waals surface area (Å²) in [5.74, 6) is -1.15. The third-order valence-corrected chi connectivity index (χ3v) is 3.25. The van der Waals surface area contributed by atoms with Gasteiger partial charge in [0.15, 0.2) is 0 Å². The molecule has 0 saturated carbocycles. The summed E-state index contributed by atoms with van der Waals surface area (Å²) in [7, 11) is 0. The van der Waals surface area contributed by atoms with Gasteiger partial charge in [0, 0.05) is 11.3 Å². The van der Waals surface area contributed by atoms with Crippen molar-refractivity contribution in [3.63, 3.8) is 0 Å². The molecule has 2 aromatic carbocycles. The molecule has 22 heavy (non-hydrogen) atoms. The smallest absolute Gasteiger partial charge is 0.251 e. The van der Waals surface area contributed by atoms with Gasteiger partial charge in [0.1, 0.15) is 11.9 Å². The molecule has 0 aliphatic carbocycles. The second-order valence-electron chi connectivity index (χ2n) is 5.01. The van der Waals surface area contributed by atoms with Gasteiger partial charge < -0.3 is 10.6 Å². The minimum atomic E-state index is -0.711. The molecule has 4 nitrogen and oxygen atoms in total. The number of amides is 2. The van der Waals surface area contributed by atoms with E-state index in [1.165, 1.54) is 24.3 Å². The Hall–Kier alpha value is -2.69. The SMILES string of the molecule is Cc1ccccc1NC(=O)[C@H](C)NC(=O)c1ccc(F)cc1. The van der Waals surface area contributed by atoms with Gasteiger partial charge in [-0.25, -0.2) is 4.39 Å². The summed E-state index contributed by atoms with van der Waals surface area (Å²) in [5, 5.41) is 5.34. The number of nitrogens with one attached hydrogen (secondary N) is 2. The van der Waals surface area contributed by atoms with E-state index in [1.54, 1.807) is 13.0 Å². The van der Waals surface area contributed by atoms with E-state index in [0.29, 0.717) is 11.3 Å². The van der Waals surface area contributed by atoms with Crippen LogP contribution in [0.2, 0.25) is 0 Å². The average molecular weight is 300 g/mol. The molecular weight excluding hydrogens is 283 g/mol. The van der Waals surface area contributed by atoms with Crippen molar-refractivity contribution in [3.05, 3.63) is 65.5 Å². The monoisotopic (exact) mass is 300 g/mol. The third kappa shape index (κ3) is 3.91. The van der Waals surface area contributed by atoms with Crippen LogP contribution in [0.15, 0.2) is 48.5 Å². The highest BCUT2D eigenvalue weighted by molar-refractivity contribution is 6.01. The van der Waals surface area contributed by atoms with Crippen LogP contribution in [0.25, 0.3) is 0 Å². The summed E-state index contributed by atoms with van der Waals surface area (Å²) in [5.41, 5.74) is 1.94. The van der Waals surface area contributed by atoms with E-state index in [0.717, 1.165) is 5.56 Å². The first-order valence-electron chi connectivity index (χ1n) is 6.90. The van der Waals surface area contributed by atoms with Gasteiger partial charge in [-0.3, -0.25) is 9.59 Å². The molecular formula is C17H17FN2O2. The van der Waals surface area contributed by atoms with Gasteiger partial charge in [0.05, 0.1) is 0 Å². The highest BCUT2D eigenvalue weighted by Crippen LogP contribution is 2.13. The van der Waals surface area contributed by atoms with Crippen molar-refractivity contribution in [1.29, 1.82) is 0 Å². The number of hydrogen-bond acceptors (Lipinski definition) is 2. The first kappa shape index (κ1) is 15.7. The van der Waals surface area contributed by atoms with E-state index in [-0.39, 0.29) is 5.91 Å². The molecule has 0 spiro atoms. The zero-order valence-corrected chi connectivity index (χ0v) is 12.4. The molecule has 2 N–H and O–H groups in total. The summed E-state index contributed by atoms with van der Waals surface area (Å²) in [6.07, 6.45) is 0. The molecule has 0 bridgehead atoms. The van der Waals surface area contributed by atoms with Crippen molar-refractivity contribution >= 4 is 17.5 Å². The molecule has 0 fully saturated rings. The van der Waals surface area contributed by atoms with Crippen LogP contribution in [0.4, 0.5) is 10.1 Å². The van der Waals surface area contributed by atoms with Gasteiger partial charge in [-0.15, -0.1) is 0 Å². The number of hydrogen-bond donors (Lipinski definition) is 2. The fraction of sp³-hybridized carbons (Fsp3) is 0.176. The minimum absolute atomic E-state index is 0.303. The predicted molar refractivity (Wildman–Crippen MR) is 83.1 cm³/mol. The summed E-state index contributed by atoms with van der Waals surface area (Å²) in [6.45, 7) is 3.48. The normalized spacial score (nSPS) is 11.6. The molecule has 0 aromatic heterocycles. The Labute approximate surface area is 128 Å². The van der Waals surface area contributed by atoms with E-state index in [1.807, 2.05) is 25.1 Å². The quantitative estimate of drug-likeness (QED) is 0.912. The number of para-hydroxylation sites is 1. The number of halogens is 1. The molecule has 0 radical (unpaired) electrons. The van der Waals surface area contributed by atoms with Crippen LogP contribution >= 0.6 is 0 Å². The van der Waals surface area contributed by atoms with Crippen LogP contribution in [-0.4, -0.2) is 17.9 Å². The number of aryl methyl sites for hydroxylation is 1. The maximum Gasteiger partial charge on any atom is 0.251 e. The van der Waals surface area contributed by atoms with Gasteiger partial charge in [-0.2, -0.15) is 0 Å². The molecule has 0 unspecified atom stereocenters. The number of anilines is 1. The lowest BCUT2D eigenvalue weighted by molar-refractivity contribution is -0.117. The lowest BCUT2D eigenvalue weighted by Gasteiger charge is -2.15. The van der Waals surface area contributed by atoms with Crippen molar-refractivity contribution in [2.24, 2.45) is 0 Å². The maximum atomic E-state index is 12.8. The first-order valence-corrected chi connectivity index (χ1v) is 6.90. The van der Waals surface area contributed by atoms with Crippen LogP contribution in [0.5, 0.6) is 0 Å². The van der Waals surface area contributed by atoms with Crippen LogP contribution in [0, 0.1) is 12.7 Å². The minimum Gasteiger partial charge on any atom is -0.341 e. The number of carbonyl (C=O) groups is 2. The Morgan fingerprint density at radius 2 is 1.68 bits per heavy atom. The summed E-state index contributed by atoms with van der Waals surface area (Å²) in [6, 6.07) is 11.8. The standard InChI is InChI=1S/C17H17FN2O2/c1-11-5-3-4-6-15(11)20-16(21)12(2)19-17(22)13-7-9-14(18)10-8-13/h3-10,12H,1-2H3,(H,19,22)(H,20,21)/t12-/m0/s1. The Bertz CT molecular complexity index is 683. The van der Waals surface area contributed by atoms with E-state index in [9.17, 15) is 14.0 Å². The molecule has 0 saturated heterocycles. The highest BCUT2D eigenvalue weighted by Gasteiger charge is 2.17. The molecule has 2 rings (SSSR count). The van der Waals surface area contributed by atoms with Crippen molar-refractivity contribution in [3.8, 4) is 0 Å². The molecule has 0 heterocycles. The number of carbonyl (C=O) groups excluding carboxylic acids is 2. The topological polar surface area (TPSA) is 58.2 Å².